The van der Waals surface area contributed by atoms with Crippen molar-refractivity contribution in [3.8, 4) is 0 Å². The van der Waals surface area contributed by atoms with Crippen LogP contribution in [0.3, 0.4) is 0 Å². The molecule has 0 heterocycles. The molecule has 6 nitrogen and oxygen atoms in total. The molecule has 0 aliphatic rings. The highest BCUT2D eigenvalue weighted by Gasteiger charge is 2.14. The van der Waals surface area contributed by atoms with Gasteiger partial charge >= 0.3 is 0 Å². The number of anilines is 1. The van der Waals surface area contributed by atoms with Crippen LogP contribution in [0.2, 0.25) is 0 Å². The number of hydrogen-bond donors (Lipinski definition) is 3. The molecule has 0 bridgehead atoms. The maximum atomic E-state index is 12.7. The molecule has 3 aromatic carbocycles. The minimum atomic E-state index is -0.302. The molecule has 0 aliphatic carbocycles. The molecule has 0 fully saturated rings. The fraction of sp³-hybridized carbons (Fsp3) is 0.0870. The van der Waals surface area contributed by atoms with Gasteiger partial charge in [0, 0.05) is 24.7 Å². The quantitative estimate of drug-likeness (QED) is 0.607. The van der Waals surface area contributed by atoms with Gasteiger partial charge in [-0.05, 0) is 42.0 Å². The number of nitrogens with one attached hydrogen (secondary N) is 3. The molecule has 6 heteroatoms. The van der Waals surface area contributed by atoms with Gasteiger partial charge in [0.05, 0.1) is 11.3 Å². The molecule has 3 aromatic rings. The van der Waals surface area contributed by atoms with E-state index in [9.17, 15) is 14.4 Å². The number of hydrogen-bond acceptors (Lipinski definition) is 3. The summed E-state index contributed by atoms with van der Waals surface area (Å²) in [5, 5.41) is 8.19. The largest absolute Gasteiger partial charge is 0.355 e. The lowest BCUT2D eigenvalue weighted by molar-refractivity contribution is 0.0946. The molecule has 29 heavy (non-hydrogen) atoms. The third-order valence-corrected chi connectivity index (χ3v) is 4.35. The highest BCUT2D eigenvalue weighted by Crippen LogP contribution is 2.16. The fourth-order valence-corrected chi connectivity index (χ4v) is 2.77. The summed E-state index contributed by atoms with van der Waals surface area (Å²) in [5.41, 5.74) is 2.74. The number of carbonyl (C=O) groups is 3. The Labute approximate surface area is 169 Å². The lowest BCUT2D eigenvalue weighted by Crippen LogP contribution is -2.25. The molecule has 0 unspecified atom stereocenters. The van der Waals surface area contributed by atoms with Crippen LogP contribution in [0.5, 0.6) is 0 Å². The van der Waals surface area contributed by atoms with Crippen molar-refractivity contribution < 1.29 is 14.4 Å². The van der Waals surface area contributed by atoms with E-state index in [1.54, 1.807) is 79.8 Å². The van der Waals surface area contributed by atoms with Gasteiger partial charge in [0.2, 0.25) is 0 Å². The Morgan fingerprint density at radius 3 is 2.00 bits per heavy atom. The van der Waals surface area contributed by atoms with Gasteiger partial charge in [-0.2, -0.15) is 0 Å². The van der Waals surface area contributed by atoms with Crippen LogP contribution in [0.15, 0.2) is 78.9 Å². The van der Waals surface area contributed by atoms with Gasteiger partial charge < -0.3 is 16.0 Å². The van der Waals surface area contributed by atoms with E-state index in [0.29, 0.717) is 28.9 Å². The molecule has 3 amide bonds. The average Bonchev–Trinajstić information content (AvgIpc) is 2.78. The Hall–Kier alpha value is -3.93. The summed E-state index contributed by atoms with van der Waals surface area (Å²) >= 11 is 0. The Morgan fingerprint density at radius 1 is 0.690 bits per heavy atom. The zero-order valence-electron chi connectivity index (χ0n) is 15.9. The van der Waals surface area contributed by atoms with Crippen LogP contribution >= 0.6 is 0 Å². The second-order valence-electron chi connectivity index (χ2n) is 6.32. The molecular weight excluding hydrogens is 366 g/mol. The van der Waals surface area contributed by atoms with Crippen molar-refractivity contribution in [2.24, 2.45) is 0 Å². The van der Waals surface area contributed by atoms with Crippen molar-refractivity contribution in [1.29, 1.82) is 0 Å². The van der Waals surface area contributed by atoms with E-state index in [0.717, 1.165) is 5.56 Å². The van der Waals surface area contributed by atoms with E-state index in [2.05, 4.69) is 16.0 Å². The first kappa shape index (κ1) is 19.8. The Balaban J connectivity index is 1.67. The van der Waals surface area contributed by atoms with Gasteiger partial charge in [-0.15, -0.1) is 0 Å². The summed E-state index contributed by atoms with van der Waals surface area (Å²) in [5.74, 6) is -0.747. The van der Waals surface area contributed by atoms with Crippen LogP contribution in [0.4, 0.5) is 5.69 Å². The minimum Gasteiger partial charge on any atom is -0.355 e. The van der Waals surface area contributed by atoms with Crippen LogP contribution in [0, 0.1) is 0 Å². The number of carbonyl (C=O) groups excluding carboxylic acids is 3. The third kappa shape index (κ3) is 5.07. The highest BCUT2D eigenvalue weighted by molar-refractivity contribution is 6.09. The summed E-state index contributed by atoms with van der Waals surface area (Å²) < 4.78 is 0. The fourth-order valence-electron chi connectivity index (χ4n) is 2.77. The molecule has 3 rings (SSSR count). The van der Waals surface area contributed by atoms with E-state index >= 15 is 0 Å². The molecular formula is C23H21N3O3. The standard InChI is InChI=1S/C23H21N3O3/c1-24-21(27)18-13-11-16(12-14-18)15-25-23(29)19-9-5-6-10-20(19)26-22(28)17-7-3-2-4-8-17/h2-14H,15H2,1H3,(H,24,27)(H,25,29)(H,26,28). The normalized spacial score (nSPS) is 10.1. The lowest BCUT2D eigenvalue weighted by atomic mass is 10.1. The predicted octanol–water partition coefficient (Wildman–Crippen LogP) is 3.23. The summed E-state index contributed by atoms with van der Waals surface area (Å²) in [6.45, 7) is 0.299. The van der Waals surface area contributed by atoms with Crippen molar-refractivity contribution in [1.82, 2.24) is 10.6 Å². The first-order chi connectivity index (χ1) is 14.1. The SMILES string of the molecule is CNC(=O)c1ccc(CNC(=O)c2ccccc2NC(=O)c2ccccc2)cc1. The first-order valence-corrected chi connectivity index (χ1v) is 9.13. The highest BCUT2D eigenvalue weighted by atomic mass is 16.2. The number of benzene rings is 3. The van der Waals surface area contributed by atoms with Gasteiger partial charge in [-0.3, -0.25) is 14.4 Å². The first-order valence-electron chi connectivity index (χ1n) is 9.13. The van der Waals surface area contributed by atoms with Crippen LogP contribution in [0.25, 0.3) is 0 Å². The molecule has 0 spiro atoms. The van der Waals surface area contributed by atoms with E-state index in [1.807, 2.05) is 6.07 Å². The monoisotopic (exact) mass is 387 g/mol. The molecule has 0 aliphatic heterocycles. The number of para-hydroxylation sites is 1. The third-order valence-electron chi connectivity index (χ3n) is 4.35. The zero-order valence-corrected chi connectivity index (χ0v) is 15.9. The van der Waals surface area contributed by atoms with Crippen molar-refractivity contribution >= 4 is 23.4 Å². The van der Waals surface area contributed by atoms with E-state index in [1.165, 1.54) is 0 Å². The second kappa shape index (κ2) is 9.32. The van der Waals surface area contributed by atoms with Crippen LogP contribution in [-0.2, 0) is 6.54 Å². The minimum absolute atomic E-state index is 0.163. The van der Waals surface area contributed by atoms with E-state index in [4.69, 9.17) is 0 Å². The Morgan fingerprint density at radius 2 is 1.31 bits per heavy atom. The summed E-state index contributed by atoms with van der Waals surface area (Å²) in [6, 6.07) is 22.6. The molecule has 0 aromatic heterocycles. The van der Waals surface area contributed by atoms with Crippen molar-refractivity contribution in [2.45, 2.75) is 6.54 Å². The molecule has 0 radical (unpaired) electrons. The molecule has 3 N–H and O–H groups in total. The average molecular weight is 387 g/mol. The van der Waals surface area contributed by atoms with Gasteiger partial charge in [0.1, 0.15) is 0 Å². The van der Waals surface area contributed by atoms with Gasteiger partial charge in [-0.25, -0.2) is 0 Å². The maximum absolute atomic E-state index is 12.7. The Bertz CT molecular complexity index is 1020. The zero-order chi connectivity index (χ0) is 20.6. The predicted molar refractivity (Wildman–Crippen MR) is 112 cm³/mol. The summed E-state index contributed by atoms with van der Waals surface area (Å²) in [7, 11) is 1.57. The number of rotatable bonds is 6. The second-order valence-corrected chi connectivity index (χ2v) is 6.32. The van der Waals surface area contributed by atoms with Gasteiger partial charge in [-0.1, -0.05) is 42.5 Å². The number of amides is 3. The van der Waals surface area contributed by atoms with E-state index < -0.39 is 0 Å². The van der Waals surface area contributed by atoms with Crippen molar-refractivity contribution in [2.75, 3.05) is 12.4 Å². The molecule has 0 saturated carbocycles. The van der Waals surface area contributed by atoms with Crippen LogP contribution in [-0.4, -0.2) is 24.8 Å². The maximum Gasteiger partial charge on any atom is 0.255 e. The van der Waals surface area contributed by atoms with E-state index in [-0.39, 0.29) is 17.7 Å². The smallest absolute Gasteiger partial charge is 0.255 e. The van der Waals surface area contributed by atoms with Gasteiger partial charge in [0.15, 0.2) is 0 Å². The van der Waals surface area contributed by atoms with Crippen molar-refractivity contribution in [3.05, 3.63) is 101 Å². The molecule has 0 saturated heterocycles. The lowest BCUT2D eigenvalue weighted by Gasteiger charge is -2.12. The Kier molecular flexibility index (Phi) is 6.37. The van der Waals surface area contributed by atoms with Crippen LogP contribution in [0.1, 0.15) is 36.6 Å². The summed E-state index contributed by atoms with van der Waals surface area (Å²) in [4.78, 5) is 36.6. The molecule has 146 valence electrons. The van der Waals surface area contributed by atoms with Crippen LogP contribution < -0.4 is 16.0 Å². The topological polar surface area (TPSA) is 87.3 Å². The molecule has 0 atom stereocenters. The summed E-state index contributed by atoms with van der Waals surface area (Å²) in [6.07, 6.45) is 0. The van der Waals surface area contributed by atoms with Crippen molar-refractivity contribution in [3.63, 3.8) is 0 Å². The van der Waals surface area contributed by atoms with Gasteiger partial charge in [0.25, 0.3) is 17.7 Å².